The maximum atomic E-state index is 11.6. The summed E-state index contributed by atoms with van der Waals surface area (Å²) in [6, 6.07) is 0.0749. The Kier molecular flexibility index (Phi) is 1.98. The van der Waals surface area contributed by atoms with Crippen LogP contribution in [0.25, 0.3) is 0 Å². The Morgan fingerprint density at radius 1 is 1.31 bits per heavy atom. The van der Waals surface area contributed by atoms with Crippen molar-refractivity contribution < 1.29 is 9.59 Å². The summed E-state index contributed by atoms with van der Waals surface area (Å²) < 4.78 is 0. The Morgan fingerprint density at radius 3 is 2.85 bits per heavy atom. The molecule has 4 nitrogen and oxygen atoms in total. The number of carbonyl (C=O) groups is 2. The third kappa shape index (κ3) is 1.30. The predicted molar refractivity (Wildman–Crippen MR) is 47.1 cm³/mol. The molecule has 0 aliphatic carbocycles. The number of fused-ring (bicyclic) bond motifs is 1. The molecule has 2 rings (SSSR count). The fourth-order valence-electron chi connectivity index (χ4n) is 2.10. The molecule has 2 heterocycles. The second-order valence-corrected chi connectivity index (χ2v) is 3.78. The van der Waals surface area contributed by atoms with Crippen molar-refractivity contribution in [2.45, 2.75) is 31.7 Å². The maximum absolute atomic E-state index is 11.6. The highest BCUT2D eigenvalue weighted by atomic mass is 16.2. The average molecular weight is 182 g/mol. The van der Waals surface area contributed by atoms with Gasteiger partial charge in [-0.15, -0.1) is 0 Å². The Hall–Kier alpha value is -1.06. The van der Waals surface area contributed by atoms with E-state index in [0.717, 1.165) is 25.8 Å². The summed E-state index contributed by atoms with van der Waals surface area (Å²) >= 11 is 0. The van der Waals surface area contributed by atoms with Crippen molar-refractivity contribution in [2.75, 3.05) is 13.6 Å². The van der Waals surface area contributed by atoms with Crippen LogP contribution >= 0.6 is 0 Å². The Labute approximate surface area is 77.5 Å². The predicted octanol–water partition coefficient (Wildman–Crippen LogP) is 0.823. The monoisotopic (exact) mass is 182 g/mol. The first-order valence-corrected chi connectivity index (χ1v) is 4.77. The molecule has 0 aromatic rings. The molecule has 2 aliphatic heterocycles. The first-order chi connectivity index (χ1) is 6.20. The van der Waals surface area contributed by atoms with Gasteiger partial charge >= 0.3 is 6.03 Å². The van der Waals surface area contributed by atoms with Gasteiger partial charge < -0.3 is 4.90 Å². The zero-order valence-electron chi connectivity index (χ0n) is 7.82. The third-order valence-corrected chi connectivity index (χ3v) is 2.94. The molecular weight excluding hydrogens is 168 g/mol. The number of carbonyl (C=O) groups excluding carboxylic acids is 2. The van der Waals surface area contributed by atoms with Crippen LogP contribution in [0.2, 0.25) is 0 Å². The van der Waals surface area contributed by atoms with E-state index >= 15 is 0 Å². The van der Waals surface area contributed by atoms with Crippen molar-refractivity contribution in [1.82, 2.24) is 9.80 Å². The zero-order chi connectivity index (χ0) is 9.42. The van der Waals surface area contributed by atoms with E-state index in [9.17, 15) is 9.59 Å². The van der Waals surface area contributed by atoms with Crippen molar-refractivity contribution in [3.63, 3.8) is 0 Å². The van der Waals surface area contributed by atoms with Crippen LogP contribution in [0.3, 0.4) is 0 Å². The van der Waals surface area contributed by atoms with E-state index in [1.54, 1.807) is 7.05 Å². The quantitative estimate of drug-likeness (QED) is 0.556. The molecule has 0 radical (unpaired) electrons. The minimum absolute atomic E-state index is 0.0341. The minimum Gasteiger partial charge on any atom is -0.321 e. The topological polar surface area (TPSA) is 40.6 Å². The van der Waals surface area contributed by atoms with Crippen molar-refractivity contribution >= 4 is 11.9 Å². The number of piperidine rings is 1. The molecule has 0 N–H and O–H groups in total. The van der Waals surface area contributed by atoms with Crippen molar-refractivity contribution in [1.29, 1.82) is 0 Å². The van der Waals surface area contributed by atoms with E-state index in [4.69, 9.17) is 0 Å². The lowest BCUT2D eigenvalue weighted by molar-refractivity contribution is -0.131. The van der Waals surface area contributed by atoms with Crippen LogP contribution in [-0.4, -0.2) is 41.4 Å². The molecule has 3 amide bonds. The second kappa shape index (κ2) is 3.01. The molecule has 72 valence electrons. The number of hydrogen-bond acceptors (Lipinski definition) is 2. The van der Waals surface area contributed by atoms with E-state index in [1.807, 2.05) is 4.90 Å². The van der Waals surface area contributed by atoms with Crippen LogP contribution < -0.4 is 0 Å². The first kappa shape index (κ1) is 8.53. The summed E-state index contributed by atoms with van der Waals surface area (Å²) in [5.74, 6) is -0.0341. The molecule has 2 fully saturated rings. The Bertz CT molecular complexity index is 252. The highest BCUT2D eigenvalue weighted by Crippen LogP contribution is 2.25. The SMILES string of the molecule is CN1C(=O)CC2CCCCN2C1=O. The fourth-order valence-corrected chi connectivity index (χ4v) is 2.10. The van der Waals surface area contributed by atoms with Gasteiger partial charge in [0.2, 0.25) is 5.91 Å². The average Bonchev–Trinajstić information content (AvgIpc) is 2.15. The smallest absolute Gasteiger partial charge is 0.321 e. The first-order valence-electron chi connectivity index (χ1n) is 4.77. The minimum atomic E-state index is -0.110. The van der Waals surface area contributed by atoms with Crippen LogP contribution in [0.15, 0.2) is 0 Å². The van der Waals surface area contributed by atoms with E-state index in [2.05, 4.69) is 0 Å². The van der Waals surface area contributed by atoms with Gasteiger partial charge in [-0.1, -0.05) is 0 Å². The number of amides is 3. The lowest BCUT2D eigenvalue weighted by atomic mass is 9.97. The summed E-state index contributed by atoms with van der Waals surface area (Å²) in [6.07, 6.45) is 3.73. The van der Waals surface area contributed by atoms with Gasteiger partial charge in [-0.25, -0.2) is 4.79 Å². The number of imide groups is 1. The summed E-state index contributed by atoms with van der Waals surface area (Å²) in [5, 5.41) is 0. The number of urea groups is 1. The van der Waals surface area contributed by atoms with E-state index in [1.165, 1.54) is 4.90 Å². The molecule has 13 heavy (non-hydrogen) atoms. The van der Waals surface area contributed by atoms with E-state index in [-0.39, 0.29) is 18.0 Å². The fraction of sp³-hybridized carbons (Fsp3) is 0.778. The molecule has 0 saturated carbocycles. The Balaban J connectivity index is 2.17. The standard InChI is InChI=1S/C9H14N2O2/c1-10-8(12)6-7-4-2-3-5-11(7)9(10)13/h7H,2-6H2,1H3. The third-order valence-electron chi connectivity index (χ3n) is 2.94. The van der Waals surface area contributed by atoms with Crippen LogP contribution in [0, 0.1) is 0 Å². The van der Waals surface area contributed by atoms with Gasteiger partial charge in [-0.3, -0.25) is 9.69 Å². The summed E-state index contributed by atoms with van der Waals surface area (Å²) in [7, 11) is 1.56. The van der Waals surface area contributed by atoms with Crippen LogP contribution in [0.4, 0.5) is 4.79 Å². The maximum Gasteiger partial charge on any atom is 0.326 e. The normalized spacial score (nSPS) is 29.2. The second-order valence-electron chi connectivity index (χ2n) is 3.78. The van der Waals surface area contributed by atoms with E-state index < -0.39 is 0 Å². The number of hydrogen-bond donors (Lipinski definition) is 0. The molecule has 2 aliphatic rings. The lowest BCUT2D eigenvalue weighted by Crippen LogP contribution is -2.56. The molecule has 4 heteroatoms. The summed E-state index contributed by atoms with van der Waals surface area (Å²) in [6.45, 7) is 0.821. The van der Waals surface area contributed by atoms with Crippen LogP contribution in [-0.2, 0) is 4.79 Å². The van der Waals surface area contributed by atoms with Crippen LogP contribution in [0.5, 0.6) is 0 Å². The molecule has 1 atom stereocenters. The van der Waals surface area contributed by atoms with Gasteiger partial charge in [0.1, 0.15) is 0 Å². The highest BCUT2D eigenvalue weighted by Gasteiger charge is 2.37. The van der Waals surface area contributed by atoms with Crippen LogP contribution in [0.1, 0.15) is 25.7 Å². The van der Waals surface area contributed by atoms with Gasteiger partial charge in [0.25, 0.3) is 0 Å². The van der Waals surface area contributed by atoms with Crippen molar-refractivity contribution in [3.05, 3.63) is 0 Å². The van der Waals surface area contributed by atoms with Gasteiger partial charge in [0.05, 0.1) is 0 Å². The number of nitrogens with zero attached hydrogens (tertiary/aromatic N) is 2. The Morgan fingerprint density at radius 2 is 2.08 bits per heavy atom. The zero-order valence-corrected chi connectivity index (χ0v) is 7.82. The summed E-state index contributed by atoms with van der Waals surface area (Å²) in [5.41, 5.74) is 0. The van der Waals surface area contributed by atoms with Crippen molar-refractivity contribution in [3.8, 4) is 0 Å². The molecule has 0 spiro atoms. The lowest BCUT2D eigenvalue weighted by Gasteiger charge is -2.41. The molecule has 0 bridgehead atoms. The van der Waals surface area contributed by atoms with Gasteiger partial charge in [0, 0.05) is 26.1 Å². The summed E-state index contributed by atoms with van der Waals surface area (Å²) in [4.78, 5) is 26.0. The van der Waals surface area contributed by atoms with Gasteiger partial charge in [-0.05, 0) is 19.3 Å². The highest BCUT2D eigenvalue weighted by molar-refractivity contribution is 5.97. The molecule has 1 unspecified atom stereocenters. The van der Waals surface area contributed by atoms with Gasteiger partial charge in [0.15, 0.2) is 0 Å². The van der Waals surface area contributed by atoms with E-state index in [0.29, 0.717) is 6.42 Å². The molecule has 0 aromatic heterocycles. The largest absolute Gasteiger partial charge is 0.326 e. The van der Waals surface area contributed by atoms with Gasteiger partial charge in [-0.2, -0.15) is 0 Å². The molecule has 2 saturated heterocycles. The number of rotatable bonds is 0. The molecule has 0 aromatic carbocycles. The molecular formula is C9H14N2O2. The van der Waals surface area contributed by atoms with Crippen molar-refractivity contribution in [2.24, 2.45) is 0 Å².